The monoisotopic (exact) mass is 538 g/mol. The van der Waals surface area contributed by atoms with Crippen molar-refractivity contribution < 1.29 is 19.4 Å². The van der Waals surface area contributed by atoms with Crippen molar-refractivity contribution >= 4 is 28.5 Å². The van der Waals surface area contributed by atoms with Crippen LogP contribution in [0.4, 0.5) is 10.5 Å². The van der Waals surface area contributed by atoms with Crippen LogP contribution in [-0.2, 0) is 6.42 Å². The molecule has 206 valence electrons. The predicted molar refractivity (Wildman–Crippen MR) is 158 cm³/mol. The first-order valence-corrected chi connectivity index (χ1v) is 13.2. The highest BCUT2D eigenvalue weighted by atomic mass is 16.5. The number of hydrogen-bond acceptors (Lipinski definition) is 4. The van der Waals surface area contributed by atoms with E-state index in [1.54, 1.807) is 18.2 Å². The molecule has 0 fully saturated rings. The zero-order valence-corrected chi connectivity index (χ0v) is 22.9. The second-order valence-electron chi connectivity index (χ2n) is 9.77. The van der Waals surface area contributed by atoms with Gasteiger partial charge in [0.1, 0.15) is 5.75 Å². The Kier molecular flexibility index (Phi) is 9.44. The minimum absolute atomic E-state index is 0.126. The minimum atomic E-state index is -0.496. The molecule has 1 aromatic heterocycles. The van der Waals surface area contributed by atoms with E-state index in [2.05, 4.69) is 32.8 Å². The fourth-order valence-corrected chi connectivity index (χ4v) is 4.22. The Morgan fingerprint density at radius 3 is 2.58 bits per heavy atom. The third kappa shape index (κ3) is 7.65. The fraction of sp³-hybridized carbons (Fsp3) is 0.250. The van der Waals surface area contributed by atoms with Gasteiger partial charge in [-0.2, -0.15) is 0 Å². The van der Waals surface area contributed by atoms with Gasteiger partial charge in [0.15, 0.2) is 0 Å². The normalized spacial score (nSPS) is 11.4. The number of benzene rings is 3. The molecule has 0 unspecified atom stereocenters. The topological polar surface area (TPSA) is 115 Å². The maximum atomic E-state index is 13.4. The molecule has 0 saturated carbocycles. The van der Waals surface area contributed by atoms with Gasteiger partial charge in [0.2, 0.25) is 0 Å². The molecular weight excluding hydrogens is 504 g/mol. The van der Waals surface area contributed by atoms with Gasteiger partial charge in [0.25, 0.3) is 5.91 Å². The lowest BCUT2D eigenvalue weighted by atomic mass is 10.0. The number of para-hydroxylation sites is 1. The number of hydrogen-bond donors (Lipinski definition) is 5. The largest absolute Gasteiger partial charge is 0.490 e. The van der Waals surface area contributed by atoms with Crippen LogP contribution < -0.4 is 20.7 Å². The van der Waals surface area contributed by atoms with E-state index >= 15 is 0 Å². The van der Waals surface area contributed by atoms with Crippen LogP contribution in [0, 0.1) is 18.8 Å². The molecule has 8 heteroatoms. The number of aromatic amines is 1. The summed E-state index contributed by atoms with van der Waals surface area (Å²) in [5.41, 5.74) is 4.73. The lowest BCUT2D eigenvalue weighted by Crippen LogP contribution is -2.39. The van der Waals surface area contributed by atoms with E-state index in [4.69, 9.17) is 4.74 Å². The Morgan fingerprint density at radius 2 is 1.82 bits per heavy atom. The third-order valence-corrected chi connectivity index (χ3v) is 6.16. The van der Waals surface area contributed by atoms with Gasteiger partial charge < -0.3 is 30.8 Å². The van der Waals surface area contributed by atoms with Gasteiger partial charge in [0.05, 0.1) is 30.9 Å². The van der Waals surface area contributed by atoms with Crippen molar-refractivity contribution in [2.45, 2.75) is 39.3 Å². The zero-order valence-electron chi connectivity index (χ0n) is 22.9. The van der Waals surface area contributed by atoms with Gasteiger partial charge in [-0.3, -0.25) is 4.79 Å². The number of carbonyl (C=O) groups excluding carboxylic acids is 2. The van der Waals surface area contributed by atoms with Crippen molar-refractivity contribution in [3.63, 3.8) is 0 Å². The minimum Gasteiger partial charge on any atom is -0.490 e. The summed E-state index contributed by atoms with van der Waals surface area (Å²) >= 11 is 0. The summed E-state index contributed by atoms with van der Waals surface area (Å²) in [5, 5.41) is 19.5. The Morgan fingerprint density at radius 1 is 1.05 bits per heavy atom. The van der Waals surface area contributed by atoms with Crippen molar-refractivity contribution in [2.75, 3.05) is 18.5 Å². The van der Waals surface area contributed by atoms with Crippen LogP contribution in [0.5, 0.6) is 5.75 Å². The highest BCUT2D eigenvalue weighted by Crippen LogP contribution is 2.23. The molecule has 0 aliphatic carbocycles. The van der Waals surface area contributed by atoms with E-state index in [0.717, 1.165) is 22.0 Å². The van der Waals surface area contributed by atoms with Crippen molar-refractivity contribution in [3.8, 4) is 17.6 Å². The molecule has 40 heavy (non-hydrogen) atoms. The van der Waals surface area contributed by atoms with Crippen LogP contribution in [0.3, 0.4) is 0 Å². The average molecular weight is 539 g/mol. The summed E-state index contributed by atoms with van der Waals surface area (Å²) in [6, 6.07) is 19.7. The summed E-state index contributed by atoms with van der Waals surface area (Å²) in [7, 11) is 0. The number of amides is 3. The van der Waals surface area contributed by atoms with Crippen molar-refractivity contribution in [1.82, 2.24) is 15.6 Å². The molecule has 4 rings (SSSR count). The van der Waals surface area contributed by atoms with E-state index in [1.807, 2.05) is 75.5 Å². The number of aromatic nitrogens is 1. The second-order valence-corrected chi connectivity index (χ2v) is 9.77. The van der Waals surface area contributed by atoms with E-state index in [1.165, 1.54) is 0 Å². The quantitative estimate of drug-likeness (QED) is 0.198. The predicted octanol–water partition coefficient (Wildman–Crippen LogP) is 4.77. The molecule has 8 nitrogen and oxygen atoms in total. The number of aryl methyl sites for hydroxylation is 1. The molecule has 1 heterocycles. The molecular formula is C32H34N4O4. The van der Waals surface area contributed by atoms with Gasteiger partial charge in [-0.05, 0) is 69.2 Å². The molecule has 0 saturated heterocycles. The van der Waals surface area contributed by atoms with Crippen LogP contribution in [0.25, 0.3) is 10.9 Å². The van der Waals surface area contributed by atoms with Gasteiger partial charge in [-0.1, -0.05) is 47.7 Å². The smallest absolute Gasteiger partial charge is 0.319 e. The number of nitrogens with one attached hydrogen (secondary N) is 4. The second kappa shape index (κ2) is 13.4. The van der Waals surface area contributed by atoms with Crippen LogP contribution in [0.1, 0.15) is 40.9 Å². The number of fused-ring (bicyclic) bond motifs is 1. The van der Waals surface area contributed by atoms with Crippen LogP contribution >= 0.6 is 0 Å². The van der Waals surface area contributed by atoms with Crippen molar-refractivity contribution in [2.24, 2.45) is 0 Å². The molecule has 0 radical (unpaired) electrons. The number of urea groups is 1. The Hall–Kier alpha value is -4.74. The van der Waals surface area contributed by atoms with Gasteiger partial charge >= 0.3 is 6.03 Å². The first kappa shape index (κ1) is 28.3. The molecule has 3 aromatic carbocycles. The zero-order chi connectivity index (χ0) is 28.5. The number of rotatable bonds is 9. The number of aliphatic hydroxyl groups is 1. The summed E-state index contributed by atoms with van der Waals surface area (Å²) in [5.74, 6) is 5.97. The fourth-order valence-electron chi connectivity index (χ4n) is 4.22. The highest BCUT2D eigenvalue weighted by molar-refractivity contribution is 5.97. The lowest BCUT2D eigenvalue weighted by molar-refractivity contribution is 0.0910. The first-order chi connectivity index (χ1) is 19.3. The average Bonchev–Trinajstić information content (AvgIpc) is 3.35. The number of carbonyl (C=O) groups is 2. The molecule has 0 bridgehead atoms. The SMILES string of the molecule is Cc1ccc(NC(=O)NCC#Cc2ccc(OC(C)C)c(C(=O)N[C@@H](CO)Cc3c[nH]c4ccccc34)c2)cc1. The van der Waals surface area contributed by atoms with Crippen LogP contribution in [0.15, 0.2) is 72.9 Å². The number of aliphatic hydroxyl groups excluding tert-OH is 1. The van der Waals surface area contributed by atoms with Crippen LogP contribution in [0.2, 0.25) is 0 Å². The molecule has 4 aromatic rings. The van der Waals surface area contributed by atoms with Gasteiger partial charge in [0, 0.05) is 28.4 Å². The Bertz CT molecular complexity index is 1530. The first-order valence-electron chi connectivity index (χ1n) is 13.2. The van der Waals surface area contributed by atoms with Crippen molar-refractivity contribution in [3.05, 3.63) is 95.2 Å². The molecule has 0 aliphatic heterocycles. The Labute approximate surface area is 234 Å². The maximum Gasteiger partial charge on any atom is 0.319 e. The molecule has 0 aliphatic rings. The molecule has 0 spiro atoms. The van der Waals surface area contributed by atoms with Crippen LogP contribution in [-0.4, -0.2) is 47.3 Å². The summed E-state index contributed by atoms with van der Waals surface area (Å²) in [6.07, 6.45) is 2.22. The van der Waals surface area contributed by atoms with E-state index in [0.29, 0.717) is 29.0 Å². The number of ether oxygens (including phenoxy) is 1. The standard InChI is InChI=1S/C32H34N4O4/c1-21(2)40-30-15-12-23(7-6-16-33-32(39)36-25-13-10-22(3)11-14-25)17-28(30)31(38)35-26(20-37)18-24-19-34-29-9-5-4-8-27(24)29/h4-5,8-15,17,19,21,26,34,37H,16,18,20H2,1-3H3,(H,35,38)(H2,33,36,39)/t26-/m1/s1. The summed E-state index contributed by atoms with van der Waals surface area (Å²) < 4.78 is 5.88. The number of H-pyrrole nitrogens is 1. The van der Waals surface area contributed by atoms with Gasteiger partial charge in [-0.25, -0.2) is 4.79 Å². The maximum absolute atomic E-state index is 13.4. The molecule has 3 amide bonds. The summed E-state index contributed by atoms with van der Waals surface area (Å²) in [6.45, 7) is 5.65. The summed E-state index contributed by atoms with van der Waals surface area (Å²) in [4.78, 5) is 28.7. The highest BCUT2D eigenvalue weighted by Gasteiger charge is 2.19. The lowest BCUT2D eigenvalue weighted by Gasteiger charge is -2.19. The number of anilines is 1. The van der Waals surface area contributed by atoms with E-state index in [-0.39, 0.29) is 31.2 Å². The third-order valence-electron chi connectivity index (χ3n) is 6.16. The Balaban J connectivity index is 1.42. The van der Waals surface area contributed by atoms with Crippen molar-refractivity contribution in [1.29, 1.82) is 0 Å². The van der Waals surface area contributed by atoms with E-state index in [9.17, 15) is 14.7 Å². The van der Waals surface area contributed by atoms with E-state index < -0.39 is 6.04 Å². The van der Waals surface area contributed by atoms with Gasteiger partial charge in [-0.15, -0.1) is 0 Å². The molecule has 1 atom stereocenters. The molecule has 5 N–H and O–H groups in total.